The fourth-order valence-corrected chi connectivity index (χ4v) is 2.76. The molecule has 3 aromatic rings. The molecule has 0 aliphatic rings. The lowest BCUT2D eigenvalue weighted by atomic mass is 10.2. The maximum atomic E-state index is 12.0. The number of carbonyl (C=O) groups excluding carboxylic acids is 2. The maximum Gasteiger partial charge on any atom is 0.329 e. The Morgan fingerprint density at radius 2 is 1.68 bits per heavy atom. The summed E-state index contributed by atoms with van der Waals surface area (Å²) in [6, 6.07) is 21.3. The van der Waals surface area contributed by atoms with Crippen molar-refractivity contribution >= 4 is 35.3 Å². The summed E-state index contributed by atoms with van der Waals surface area (Å²) in [5, 5.41) is 6.93. The smallest absolute Gasteiger partial charge is 0.329 e. The second-order valence-electron chi connectivity index (χ2n) is 6.30. The van der Waals surface area contributed by atoms with Crippen molar-refractivity contribution in [2.75, 3.05) is 12.4 Å². The molecule has 8 heteroatoms. The molecule has 0 radical (unpaired) electrons. The van der Waals surface area contributed by atoms with E-state index >= 15 is 0 Å². The Hall–Kier alpha value is -3.84. The minimum absolute atomic E-state index is 0.352. The molecule has 0 fully saturated rings. The second kappa shape index (κ2) is 10.8. The van der Waals surface area contributed by atoms with E-state index < -0.39 is 11.8 Å². The summed E-state index contributed by atoms with van der Waals surface area (Å²) in [5.74, 6) is -0.645. The van der Waals surface area contributed by atoms with Gasteiger partial charge in [0.1, 0.15) is 18.1 Å². The molecule has 0 aliphatic heterocycles. The van der Waals surface area contributed by atoms with Gasteiger partial charge in [0.2, 0.25) is 0 Å². The van der Waals surface area contributed by atoms with Crippen molar-refractivity contribution in [3.8, 4) is 11.5 Å². The number of hydrogen-bond donors (Lipinski definition) is 2. The molecule has 0 saturated carbocycles. The van der Waals surface area contributed by atoms with Crippen LogP contribution < -0.4 is 20.2 Å². The fourth-order valence-electron chi connectivity index (χ4n) is 2.57. The first-order chi connectivity index (χ1) is 15.1. The number of halogens is 1. The molecule has 0 unspecified atom stereocenters. The monoisotopic (exact) mass is 437 g/mol. The first-order valence-corrected chi connectivity index (χ1v) is 9.68. The zero-order valence-electron chi connectivity index (χ0n) is 16.7. The molecular formula is C23H20ClN3O4. The Bertz CT molecular complexity index is 1080. The van der Waals surface area contributed by atoms with Crippen LogP contribution in [0.15, 0.2) is 77.9 Å². The van der Waals surface area contributed by atoms with E-state index in [1.54, 1.807) is 48.5 Å². The van der Waals surface area contributed by atoms with Crippen LogP contribution in [0.5, 0.6) is 11.5 Å². The molecular weight excluding hydrogens is 418 g/mol. The molecule has 2 amide bonds. The summed E-state index contributed by atoms with van der Waals surface area (Å²) in [6.07, 6.45) is 1.42. The molecule has 0 aliphatic carbocycles. The molecule has 7 nitrogen and oxygen atoms in total. The highest BCUT2D eigenvalue weighted by Gasteiger charge is 2.14. The van der Waals surface area contributed by atoms with Crippen LogP contribution in [0.1, 0.15) is 11.1 Å². The number of hydrogen-bond acceptors (Lipinski definition) is 5. The lowest BCUT2D eigenvalue weighted by molar-refractivity contribution is -0.136. The third-order valence-electron chi connectivity index (χ3n) is 4.17. The Balaban J connectivity index is 1.49. The normalized spacial score (nSPS) is 10.5. The number of methoxy groups -OCH3 is 1. The van der Waals surface area contributed by atoms with Crippen molar-refractivity contribution in [1.29, 1.82) is 0 Å². The summed E-state index contributed by atoms with van der Waals surface area (Å²) >= 11 is 6.11. The number of nitrogens with one attached hydrogen (secondary N) is 2. The number of anilines is 1. The zero-order chi connectivity index (χ0) is 22.1. The van der Waals surface area contributed by atoms with Crippen molar-refractivity contribution in [3.05, 3.63) is 88.9 Å². The van der Waals surface area contributed by atoms with E-state index in [1.165, 1.54) is 13.3 Å². The number of ether oxygens (including phenoxy) is 2. The van der Waals surface area contributed by atoms with E-state index in [0.29, 0.717) is 28.8 Å². The largest absolute Gasteiger partial charge is 0.495 e. The van der Waals surface area contributed by atoms with Crippen LogP contribution in [0, 0.1) is 0 Å². The van der Waals surface area contributed by atoms with Gasteiger partial charge in [0.15, 0.2) is 0 Å². The highest BCUT2D eigenvalue weighted by Crippen LogP contribution is 2.22. The minimum Gasteiger partial charge on any atom is -0.495 e. The van der Waals surface area contributed by atoms with E-state index in [0.717, 1.165) is 11.1 Å². The molecule has 2 N–H and O–H groups in total. The number of amides is 2. The number of carbonyl (C=O) groups is 2. The molecule has 0 atom stereocenters. The van der Waals surface area contributed by atoms with Crippen molar-refractivity contribution < 1.29 is 19.1 Å². The predicted octanol–water partition coefficient (Wildman–Crippen LogP) is 4.02. The average Bonchev–Trinajstić information content (AvgIpc) is 2.79. The summed E-state index contributed by atoms with van der Waals surface area (Å²) < 4.78 is 10.8. The Morgan fingerprint density at radius 3 is 2.42 bits per heavy atom. The van der Waals surface area contributed by atoms with Crippen LogP contribution in [0.4, 0.5) is 5.69 Å². The van der Waals surface area contributed by atoms with Gasteiger partial charge in [-0.25, -0.2) is 5.43 Å². The van der Waals surface area contributed by atoms with E-state index in [9.17, 15) is 9.59 Å². The Labute approximate surface area is 184 Å². The highest BCUT2D eigenvalue weighted by atomic mass is 35.5. The van der Waals surface area contributed by atoms with Crippen molar-refractivity contribution in [1.82, 2.24) is 5.43 Å². The van der Waals surface area contributed by atoms with Crippen molar-refractivity contribution in [3.63, 3.8) is 0 Å². The summed E-state index contributed by atoms with van der Waals surface area (Å²) in [7, 11) is 1.47. The SMILES string of the molecule is COc1ccccc1NC(=O)C(=O)N/N=C/c1ccc(OCc2ccccc2Cl)cc1. The third kappa shape index (κ3) is 6.32. The lowest BCUT2D eigenvalue weighted by Gasteiger charge is -2.08. The van der Waals surface area contributed by atoms with Gasteiger partial charge in [-0.05, 0) is 48.0 Å². The van der Waals surface area contributed by atoms with Gasteiger partial charge in [-0.15, -0.1) is 0 Å². The molecule has 3 rings (SSSR count). The van der Waals surface area contributed by atoms with Gasteiger partial charge in [0, 0.05) is 10.6 Å². The zero-order valence-corrected chi connectivity index (χ0v) is 17.4. The van der Waals surface area contributed by atoms with Gasteiger partial charge in [0.05, 0.1) is 19.0 Å². The molecule has 3 aromatic carbocycles. The molecule has 0 heterocycles. The van der Waals surface area contributed by atoms with Gasteiger partial charge in [0.25, 0.3) is 0 Å². The Morgan fingerprint density at radius 1 is 0.968 bits per heavy atom. The van der Waals surface area contributed by atoms with Gasteiger partial charge in [-0.2, -0.15) is 5.10 Å². The van der Waals surface area contributed by atoms with Crippen LogP contribution in [0.2, 0.25) is 5.02 Å². The van der Waals surface area contributed by atoms with Crippen molar-refractivity contribution in [2.45, 2.75) is 6.61 Å². The number of hydrazone groups is 1. The highest BCUT2D eigenvalue weighted by molar-refractivity contribution is 6.39. The molecule has 0 aromatic heterocycles. The number of para-hydroxylation sites is 2. The number of nitrogens with zero attached hydrogens (tertiary/aromatic N) is 1. The van der Waals surface area contributed by atoms with Gasteiger partial charge >= 0.3 is 11.8 Å². The van der Waals surface area contributed by atoms with Gasteiger partial charge in [-0.1, -0.05) is 41.9 Å². The molecule has 0 saturated heterocycles. The van der Waals surface area contributed by atoms with Gasteiger partial charge in [-0.3, -0.25) is 9.59 Å². The number of benzene rings is 3. The third-order valence-corrected chi connectivity index (χ3v) is 4.54. The van der Waals surface area contributed by atoms with E-state index in [-0.39, 0.29) is 0 Å². The maximum absolute atomic E-state index is 12.0. The topological polar surface area (TPSA) is 89.0 Å². The second-order valence-corrected chi connectivity index (χ2v) is 6.71. The molecule has 0 bridgehead atoms. The van der Waals surface area contributed by atoms with Gasteiger partial charge < -0.3 is 14.8 Å². The van der Waals surface area contributed by atoms with E-state index in [4.69, 9.17) is 21.1 Å². The predicted molar refractivity (Wildman–Crippen MR) is 120 cm³/mol. The first kappa shape index (κ1) is 21.9. The summed E-state index contributed by atoms with van der Waals surface area (Å²) in [6.45, 7) is 0.352. The van der Waals surface area contributed by atoms with Crippen LogP contribution in [-0.2, 0) is 16.2 Å². The van der Waals surface area contributed by atoms with Crippen LogP contribution in [0.3, 0.4) is 0 Å². The van der Waals surface area contributed by atoms with E-state index in [1.807, 2.05) is 24.3 Å². The van der Waals surface area contributed by atoms with Crippen LogP contribution in [0.25, 0.3) is 0 Å². The lowest BCUT2D eigenvalue weighted by Crippen LogP contribution is -2.32. The minimum atomic E-state index is -0.901. The van der Waals surface area contributed by atoms with Crippen LogP contribution >= 0.6 is 11.6 Å². The molecule has 31 heavy (non-hydrogen) atoms. The molecule has 0 spiro atoms. The van der Waals surface area contributed by atoms with E-state index in [2.05, 4.69) is 15.8 Å². The summed E-state index contributed by atoms with van der Waals surface area (Å²) in [4.78, 5) is 23.9. The quantitative estimate of drug-likeness (QED) is 0.332. The molecule has 158 valence electrons. The first-order valence-electron chi connectivity index (χ1n) is 9.30. The average molecular weight is 438 g/mol. The number of rotatable bonds is 7. The van der Waals surface area contributed by atoms with Crippen LogP contribution in [-0.4, -0.2) is 25.1 Å². The standard InChI is InChI=1S/C23H20ClN3O4/c1-30-21-9-5-4-8-20(21)26-22(28)23(29)27-25-14-16-10-12-18(13-11-16)31-15-17-6-2-3-7-19(17)24/h2-14H,15H2,1H3,(H,26,28)(H,27,29)/b25-14+. The summed E-state index contributed by atoms with van der Waals surface area (Å²) in [5.41, 5.74) is 4.19. The van der Waals surface area contributed by atoms with Crippen molar-refractivity contribution in [2.24, 2.45) is 5.10 Å². The Kier molecular flexibility index (Phi) is 7.61. The fraction of sp³-hybridized carbons (Fsp3) is 0.0870.